The summed E-state index contributed by atoms with van der Waals surface area (Å²) in [5.41, 5.74) is 2.74. The summed E-state index contributed by atoms with van der Waals surface area (Å²) in [6, 6.07) is 0.498. The van der Waals surface area contributed by atoms with Gasteiger partial charge in [0.2, 0.25) is 5.96 Å². The normalized spacial score (nSPS) is 26.1. The summed E-state index contributed by atoms with van der Waals surface area (Å²) in [5, 5.41) is 0. The van der Waals surface area contributed by atoms with Crippen LogP contribution >= 0.6 is 0 Å². The number of rotatable bonds is 4. The van der Waals surface area contributed by atoms with Crippen LogP contribution in [0.3, 0.4) is 0 Å². The minimum absolute atomic E-state index is 0.335. The van der Waals surface area contributed by atoms with Crippen LogP contribution in [-0.4, -0.2) is 42.7 Å². The van der Waals surface area contributed by atoms with Crippen molar-refractivity contribution in [2.24, 2.45) is 10.8 Å². The van der Waals surface area contributed by atoms with Crippen molar-refractivity contribution in [2.45, 2.75) is 51.2 Å². The van der Waals surface area contributed by atoms with E-state index in [-0.39, 0.29) is 0 Å². The lowest BCUT2D eigenvalue weighted by molar-refractivity contribution is 0.0157. The van der Waals surface area contributed by atoms with Gasteiger partial charge in [-0.3, -0.25) is 5.43 Å². The molecule has 1 aliphatic heterocycles. The van der Waals surface area contributed by atoms with E-state index in [0.29, 0.717) is 12.1 Å². The first kappa shape index (κ1) is 12.6. The lowest BCUT2D eigenvalue weighted by Crippen LogP contribution is -2.50. The van der Waals surface area contributed by atoms with Crippen LogP contribution in [0.2, 0.25) is 0 Å². The van der Waals surface area contributed by atoms with Gasteiger partial charge in [-0.1, -0.05) is 6.92 Å². The van der Waals surface area contributed by atoms with Gasteiger partial charge in [-0.05, 0) is 32.1 Å². The van der Waals surface area contributed by atoms with Gasteiger partial charge in [-0.15, -0.1) is 0 Å². The molecule has 0 spiro atoms. The second-order valence-corrected chi connectivity index (χ2v) is 4.91. The van der Waals surface area contributed by atoms with Crippen LogP contribution in [-0.2, 0) is 4.74 Å². The average Bonchev–Trinajstić information content (AvgIpc) is 3.18. The minimum Gasteiger partial charge on any atom is -0.376 e. The second-order valence-electron chi connectivity index (χ2n) is 4.91. The Morgan fingerprint density at radius 1 is 1.47 bits per heavy atom. The zero-order valence-corrected chi connectivity index (χ0v) is 10.7. The smallest absolute Gasteiger partial charge is 0.208 e. The van der Waals surface area contributed by atoms with Gasteiger partial charge in [0.15, 0.2) is 0 Å². The van der Waals surface area contributed by atoms with Crippen LogP contribution in [0.15, 0.2) is 4.99 Å². The van der Waals surface area contributed by atoms with Gasteiger partial charge in [0.25, 0.3) is 0 Å². The molecule has 5 heteroatoms. The average molecular weight is 240 g/mol. The molecule has 0 bridgehead atoms. The monoisotopic (exact) mass is 240 g/mol. The van der Waals surface area contributed by atoms with Crippen molar-refractivity contribution in [1.29, 1.82) is 0 Å². The summed E-state index contributed by atoms with van der Waals surface area (Å²) in [6.07, 6.45) is 6.12. The third-order valence-corrected chi connectivity index (χ3v) is 3.22. The first-order chi connectivity index (χ1) is 8.33. The van der Waals surface area contributed by atoms with Crippen molar-refractivity contribution in [1.82, 2.24) is 10.3 Å². The summed E-state index contributed by atoms with van der Waals surface area (Å²) in [7, 11) is 0. The fraction of sp³-hybridized carbons (Fsp3) is 0.917. The van der Waals surface area contributed by atoms with Crippen molar-refractivity contribution < 1.29 is 4.74 Å². The zero-order valence-electron chi connectivity index (χ0n) is 10.7. The number of aliphatic imine (C=N–C) groups is 1. The highest BCUT2D eigenvalue weighted by molar-refractivity contribution is 5.79. The van der Waals surface area contributed by atoms with Crippen LogP contribution < -0.4 is 11.3 Å². The van der Waals surface area contributed by atoms with Crippen molar-refractivity contribution in [2.75, 3.05) is 19.7 Å². The molecule has 0 aromatic rings. The van der Waals surface area contributed by atoms with Crippen LogP contribution in [0.5, 0.6) is 0 Å². The Bertz CT molecular complexity index is 265. The highest BCUT2D eigenvalue weighted by Crippen LogP contribution is 2.24. The van der Waals surface area contributed by atoms with E-state index < -0.39 is 0 Å². The fourth-order valence-electron chi connectivity index (χ4n) is 2.14. The third kappa shape index (κ3) is 3.85. The molecular formula is C12H24N4O. The number of likely N-dealkylation sites (tertiary alicyclic amines) is 1. The Balaban J connectivity index is 1.86. The second kappa shape index (κ2) is 6.21. The van der Waals surface area contributed by atoms with E-state index in [4.69, 9.17) is 10.6 Å². The first-order valence-electron chi connectivity index (χ1n) is 6.74. The Morgan fingerprint density at radius 3 is 2.94 bits per heavy atom. The minimum atomic E-state index is 0.335. The highest BCUT2D eigenvalue weighted by atomic mass is 16.5. The van der Waals surface area contributed by atoms with Gasteiger partial charge in [-0.2, -0.15) is 0 Å². The molecule has 98 valence electrons. The molecule has 5 nitrogen and oxygen atoms in total. The van der Waals surface area contributed by atoms with Crippen molar-refractivity contribution >= 4 is 5.96 Å². The van der Waals surface area contributed by atoms with Crippen LogP contribution in [0.25, 0.3) is 0 Å². The van der Waals surface area contributed by atoms with E-state index in [1.165, 1.54) is 12.8 Å². The lowest BCUT2D eigenvalue weighted by Gasteiger charge is -2.34. The number of ether oxygens (including phenoxy) is 1. The molecule has 1 saturated heterocycles. The Hall–Kier alpha value is -0.810. The molecule has 0 radical (unpaired) electrons. The molecule has 0 aromatic carbocycles. The molecule has 3 N–H and O–H groups in total. The maximum atomic E-state index is 5.81. The molecule has 0 aromatic heterocycles. The standard InChI is InChI=1S/C12H24N4O/c1-2-8-17-11-4-3-7-16(9-11)12(15-13)14-10-5-6-10/h10-11H,2-9,13H2,1H3,(H,14,15). The largest absolute Gasteiger partial charge is 0.376 e. The molecule has 0 amide bonds. The van der Waals surface area contributed by atoms with E-state index in [1.54, 1.807) is 0 Å². The van der Waals surface area contributed by atoms with Crippen LogP contribution in [0.1, 0.15) is 39.0 Å². The van der Waals surface area contributed by atoms with Crippen LogP contribution in [0, 0.1) is 0 Å². The van der Waals surface area contributed by atoms with Crippen LogP contribution in [0.4, 0.5) is 0 Å². The Labute approximate surface area is 103 Å². The van der Waals surface area contributed by atoms with Gasteiger partial charge in [-0.25, -0.2) is 10.8 Å². The number of hydrazine groups is 1. The first-order valence-corrected chi connectivity index (χ1v) is 6.74. The number of hydrogen-bond acceptors (Lipinski definition) is 3. The van der Waals surface area contributed by atoms with E-state index in [2.05, 4.69) is 22.2 Å². The van der Waals surface area contributed by atoms with E-state index in [1.807, 2.05) is 0 Å². The SMILES string of the molecule is CCCOC1CCCN(C(=NC2CC2)NN)C1. The molecule has 1 atom stereocenters. The van der Waals surface area contributed by atoms with Gasteiger partial charge in [0, 0.05) is 19.7 Å². The molecule has 1 heterocycles. The van der Waals surface area contributed by atoms with Gasteiger partial charge in [0.05, 0.1) is 12.1 Å². The van der Waals surface area contributed by atoms with E-state index >= 15 is 0 Å². The molecule has 17 heavy (non-hydrogen) atoms. The summed E-state index contributed by atoms with van der Waals surface area (Å²) < 4.78 is 5.81. The summed E-state index contributed by atoms with van der Waals surface area (Å²) in [4.78, 5) is 6.82. The summed E-state index contributed by atoms with van der Waals surface area (Å²) in [6.45, 7) is 4.93. The van der Waals surface area contributed by atoms with E-state index in [9.17, 15) is 0 Å². The number of nitrogens with zero attached hydrogens (tertiary/aromatic N) is 2. The van der Waals surface area contributed by atoms with Crippen molar-refractivity contribution in [3.63, 3.8) is 0 Å². The third-order valence-electron chi connectivity index (χ3n) is 3.22. The number of piperidine rings is 1. The highest BCUT2D eigenvalue weighted by Gasteiger charge is 2.26. The van der Waals surface area contributed by atoms with Crippen molar-refractivity contribution in [3.8, 4) is 0 Å². The van der Waals surface area contributed by atoms with Gasteiger partial charge < -0.3 is 9.64 Å². The zero-order chi connectivity index (χ0) is 12.1. The Kier molecular flexibility index (Phi) is 4.62. The van der Waals surface area contributed by atoms with Gasteiger partial charge in [0.1, 0.15) is 0 Å². The number of nitrogens with two attached hydrogens (primary N) is 1. The van der Waals surface area contributed by atoms with Gasteiger partial charge >= 0.3 is 0 Å². The maximum absolute atomic E-state index is 5.81. The predicted octanol–water partition coefficient (Wildman–Crippen LogP) is 0.859. The summed E-state index contributed by atoms with van der Waals surface area (Å²) in [5.74, 6) is 6.41. The predicted molar refractivity (Wildman–Crippen MR) is 68.6 cm³/mol. The Morgan fingerprint density at radius 2 is 2.29 bits per heavy atom. The molecular weight excluding hydrogens is 216 g/mol. The maximum Gasteiger partial charge on any atom is 0.208 e. The van der Waals surface area contributed by atoms with Crippen molar-refractivity contribution in [3.05, 3.63) is 0 Å². The lowest BCUT2D eigenvalue weighted by atomic mass is 10.1. The topological polar surface area (TPSA) is 62.9 Å². The summed E-state index contributed by atoms with van der Waals surface area (Å²) >= 11 is 0. The molecule has 2 fully saturated rings. The van der Waals surface area contributed by atoms with E-state index in [0.717, 1.165) is 44.9 Å². The quantitative estimate of drug-likeness (QED) is 0.331. The molecule has 2 aliphatic rings. The molecule has 2 rings (SSSR count). The number of hydrogen-bond donors (Lipinski definition) is 2. The number of guanidine groups is 1. The number of nitrogens with one attached hydrogen (secondary N) is 1. The molecule has 1 aliphatic carbocycles. The molecule has 1 saturated carbocycles. The molecule has 1 unspecified atom stereocenters. The fourth-order valence-corrected chi connectivity index (χ4v) is 2.14.